The minimum atomic E-state index is -1.10. The molecule has 0 saturated carbocycles. The molecule has 102 valence electrons. The van der Waals surface area contributed by atoms with Gasteiger partial charge in [-0.25, -0.2) is 0 Å². The second-order valence-electron chi connectivity index (χ2n) is 6.79. The first-order valence-electron chi connectivity index (χ1n) is 7.30. The van der Waals surface area contributed by atoms with Crippen molar-refractivity contribution in [3.05, 3.63) is 11.1 Å². The lowest BCUT2D eigenvalue weighted by Gasteiger charge is -2.40. The van der Waals surface area contributed by atoms with Gasteiger partial charge >= 0.3 is 0 Å². The lowest BCUT2D eigenvalue weighted by molar-refractivity contribution is -0.136. The summed E-state index contributed by atoms with van der Waals surface area (Å²) in [6.45, 7) is 6.07. The molecule has 0 radical (unpaired) electrons. The van der Waals surface area contributed by atoms with Crippen LogP contribution >= 0.6 is 0 Å². The fourth-order valence-corrected chi connectivity index (χ4v) is 3.60. The minimum absolute atomic E-state index is 0.0578. The third kappa shape index (κ3) is 2.54. The highest BCUT2D eigenvalue weighted by Crippen LogP contribution is 2.47. The summed E-state index contributed by atoms with van der Waals surface area (Å²) in [5, 5.41) is 10.6. The second kappa shape index (κ2) is 4.80. The molecule has 0 aliphatic heterocycles. The van der Waals surface area contributed by atoms with Gasteiger partial charge in [0.25, 0.3) is 0 Å². The summed E-state index contributed by atoms with van der Waals surface area (Å²) >= 11 is 0. The van der Waals surface area contributed by atoms with Gasteiger partial charge in [-0.1, -0.05) is 25.0 Å². The molecule has 1 N–H and O–H groups in total. The van der Waals surface area contributed by atoms with Crippen molar-refractivity contribution in [3.63, 3.8) is 0 Å². The molecule has 2 aliphatic rings. The van der Waals surface area contributed by atoms with Crippen LogP contribution in [-0.4, -0.2) is 16.5 Å². The zero-order chi connectivity index (χ0) is 13.4. The molecule has 2 aliphatic carbocycles. The van der Waals surface area contributed by atoms with Crippen molar-refractivity contribution in [2.75, 3.05) is 0 Å². The fourth-order valence-electron chi connectivity index (χ4n) is 3.60. The Morgan fingerprint density at radius 1 is 1.11 bits per heavy atom. The number of allylic oxidation sites excluding steroid dienone is 1. The molecule has 0 aromatic rings. The van der Waals surface area contributed by atoms with Crippen LogP contribution in [-0.2, 0) is 4.79 Å². The number of carbonyl (C=O) groups is 1. The van der Waals surface area contributed by atoms with E-state index in [1.165, 1.54) is 43.8 Å². The normalized spacial score (nSPS) is 32.4. The third-order valence-electron chi connectivity index (χ3n) is 4.97. The molecular weight excluding hydrogens is 224 g/mol. The predicted octanol–water partition coefficient (Wildman–Crippen LogP) is 3.78. The average Bonchev–Trinajstić information content (AvgIpc) is 2.25. The molecule has 2 nitrogen and oxygen atoms in total. The van der Waals surface area contributed by atoms with Crippen LogP contribution in [0.15, 0.2) is 11.1 Å². The molecule has 1 atom stereocenters. The maximum atomic E-state index is 11.8. The predicted molar refractivity (Wildman–Crippen MR) is 73.4 cm³/mol. The van der Waals surface area contributed by atoms with Gasteiger partial charge in [-0.15, -0.1) is 0 Å². The van der Waals surface area contributed by atoms with Crippen LogP contribution in [0.25, 0.3) is 0 Å². The quantitative estimate of drug-likeness (QED) is 0.719. The van der Waals surface area contributed by atoms with Crippen LogP contribution in [0.5, 0.6) is 0 Å². The minimum Gasteiger partial charge on any atom is -0.382 e. The Hall–Kier alpha value is -0.630. The number of rotatable bonds is 1. The highest BCUT2D eigenvalue weighted by Gasteiger charge is 2.40. The standard InChI is InChI=1S/C16H26O2/c1-12(17)16(18)10-5-4-7-13-8-6-9-15(2,3)14(13)11-16/h18H,4-11H2,1-3H3. The van der Waals surface area contributed by atoms with Crippen LogP contribution < -0.4 is 0 Å². The van der Waals surface area contributed by atoms with Gasteiger partial charge in [-0.2, -0.15) is 0 Å². The van der Waals surface area contributed by atoms with Crippen LogP contribution in [0.1, 0.15) is 72.1 Å². The molecule has 2 heteroatoms. The lowest BCUT2D eigenvalue weighted by Crippen LogP contribution is -2.40. The Labute approximate surface area is 110 Å². The molecule has 1 unspecified atom stereocenters. The first kappa shape index (κ1) is 13.8. The molecule has 18 heavy (non-hydrogen) atoms. The summed E-state index contributed by atoms with van der Waals surface area (Å²) < 4.78 is 0. The smallest absolute Gasteiger partial charge is 0.161 e. The van der Waals surface area contributed by atoms with E-state index >= 15 is 0 Å². The number of hydrogen-bond donors (Lipinski definition) is 1. The number of aliphatic hydroxyl groups is 1. The largest absolute Gasteiger partial charge is 0.382 e. The maximum absolute atomic E-state index is 11.8. The van der Waals surface area contributed by atoms with Gasteiger partial charge in [0.2, 0.25) is 0 Å². The number of ketones is 1. The van der Waals surface area contributed by atoms with E-state index in [1.54, 1.807) is 0 Å². The van der Waals surface area contributed by atoms with Crippen molar-refractivity contribution in [3.8, 4) is 0 Å². The van der Waals surface area contributed by atoms with Crippen molar-refractivity contribution >= 4 is 5.78 Å². The van der Waals surface area contributed by atoms with E-state index in [1.807, 2.05) is 0 Å². The Bertz CT molecular complexity index is 379. The van der Waals surface area contributed by atoms with Gasteiger partial charge in [-0.3, -0.25) is 4.79 Å². The number of Topliss-reactive ketones (excluding diaryl/α,β-unsaturated/α-hetero) is 1. The van der Waals surface area contributed by atoms with Crippen LogP contribution in [0.2, 0.25) is 0 Å². The van der Waals surface area contributed by atoms with Crippen LogP contribution in [0.4, 0.5) is 0 Å². The van der Waals surface area contributed by atoms with Gasteiger partial charge in [0, 0.05) is 6.42 Å². The zero-order valence-corrected chi connectivity index (χ0v) is 12.0. The second-order valence-corrected chi connectivity index (χ2v) is 6.79. The SMILES string of the molecule is CC(=O)C1(O)CCCCC2=C(C1)C(C)(C)CCC2. The molecular formula is C16H26O2. The summed E-state index contributed by atoms with van der Waals surface area (Å²) in [5.41, 5.74) is 1.97. The van der Waals surface area contributed by atoms with Gasteiger partial charge in [0.15, 0.2) is 5.78 Å². The summed E-state index contributed by atoms with van der Waals surface area (Å²) in [6, 6.07) is 0. The lowest BCUT2D eigenvalue weighted by atomic mass is 9.66. The zero-order valence-electron chi connectivity index (χ0n) is 12.0. The first-order valence-corrected chi connectivity index (χ1v) is 7.30. The highest BCUT2D eigenvalue weighted by molar-refractivity contribution is 5.85. The average molecular weight is 250 g/mol. The molecule has 0 bridgehead atoms. The summed E-state index contributed by atoms with van der Waals surface area (Å²) in [7, 11) is 0. The molecule has 0 fully saturated rings. The fraction of sp³-hybridized carbons (Fsp3) is 0.812. The van der Waals surface area contributed by atoms with Crippen LogP contribution in [0.3, 0.4) is 0 Å². The monoisotopic (exact) mass is 250 g/mol. The van der Waals surface area contributed by atoms with Gasteiger partial charge in [-0.05, 0) is 57.3 Å². The summed E-state index contributed by atoms with van der Waals surface area (Å²) in [4.78, 5) is 11.8. The third-order valence-corrected chi connectivity index (χ3v) is 4.97. The van der Waals surface area contributed by atoms with E-state index in [0.717, 1.165) is 12.8 Å². The van der Waals surface area contributed by atoms with Crippen molar-refractivity contribution < 1.29 is 9.90 Å². The van der Waals surface area contributed by atoms with Crippen molar-refractivity contribution in [2.45, 2.75) is 77.7 Å². The number of carbonyl (C=O) groups excluding carboxylic acids is 1. The van der Waals surface area contributed by atoms with Crippen molar-refractivity contribution in [1.29, 1.82) is 0 Å². The topological polar surface area (TPSA) is 37.3 Å². The van der Waals surface area contributed by atoms with Gasteiger partial charge in [0.1, 0.15) is 5.60 Å². The molecule has 0 amide bonds. The molecule has 0 heterocycles. The van der Waals surface area contributed by atoms with Gasteiger partial charge in [0.05, 0.1) is 0 Å². The van der Waals surface area contributed by atoms with E-state index in [2.05, 4.69) is 13.8 Å². The highest BCUT2D eigenvalue weighted by atomic mass is 16.3. The Kier molecular flexibility index (Phi) is 3.68. The van der Waals surface area contributed by atoms with Crippen molar-refractivity contribution in [1.82, 2.24) is 0 Å². The van der Waals surface area contributed by atoms with E-state index in [9.17, 15) is 9.90 Å². The summed E-state index contributed by atoms with van der Waals surface area (Å²) in [6.07, 6.45) is 8.07. The van der Waals surface area contributed by atoms with E-state index in [4.69, 9.17) is 0 Å². The van der Waals surface area contributed by atoms with Crippen LogP contribution in [0, 0.1) is 5.41 Å². The molecule has 0 aromatic carbocycles. The Morgan fingerprint density at radius 2 is 1.78 bits per heavy atom. The van der Waals surface area contributed by atoms with Crippen molar-refractivity contribution in [2.24, 2.45) is 5.41 Å². The number of hydrogen-bond acceptors (Lipinski definition) is 2. The maximum Gasteiger partial charge on any atom is 0.161 e. The molecule has 0 spiro atoms. The Morgan fingerprint density at radius 3 is 2.44 bits per heavy atom. The Balaban J connectivity index is 2.38. The first-order chi connectivity index (χ1) is 8.35. The summed E-state index contributed by atoms with van der Waals surface area (Å²) in [5.74, 6) is -0.0578. The molecule has 0 saturated heterocycles. The van der Waals surface area contributed by atoms with Gasteiger partial charge < -0.3 is 5.11 Å². The molecule has 2 rings (SSSR count). The van der Waals surface area contributed by atoms with E-state index in [-0.39, 0.29) is 11.2 Å². The van der Waals surface area contributed by atoms with E-state index in [0.29, 0.717) is 12.8 Å². The van der Waals surface area contributed by atoms with E-state index < -0.39 is 5.60 Å². The molecule has 0 aromatic heterocycles.